The monoisotopic (exact) mass is 542 g/mol. The molecule has 2 nitrogen and oxygen atoms in total. The molecule has 0 aliphatic heterocycles. The second kappa shape index (κ2) is 8.44. The third-order valence-corrected chi connectivity index (χ3v) is 4.75. The Bertz CT molecular complexity index is 1240. The summed E-state index contributed by atoms with van der Waals surface area (Å²) in [7, 11) is 0. The van der Waals surface area contributed by atoms with E-state index in [0.717, 1.165) is 0 Å². The zero-order valence-corrected chi connectivity index (χ0v) is 16.3. The molecule has 0 fully saturated rings. The first kappa shape index (κ1) is 26.9. The zero-order chi connectivity index (χ0) is 27.7. The summed E-state index contributed by atoms with van der Waals surface area (Å²) in [6.45, 7) is 0. The molecule has 0 aliphatic rings. The number of rotatable bonds is 2. The predicted molar refractivity (Wildman–Crippen MR) is 90.3 cm³/mol. The number of aromatic hydroxyl groups is 2. The quantitative estimate of drug-likeness (QED) is 0.199. The van der Waals surface area contributed by atoms with Gasteiger partial charge < -0.3 is 10.2 Å². The molecule has 194 valence electrons. The lowest BCUT2D eigenvalue weighted by Crippen LogP contribution is -2.16. The Labute approximate surface area is 188 Å². The average molecular weight is 542 g/mol. The normalized spacial score (nSPS) is 12.4. The predicted octanol–water partition coefficient (Wildman–Crippen LogP) is 7.58. The van der Waals surface area contributed by atoms with Gasteiger partial charge in [-0.25, -0.2) is 35.1 Å². The maximum atomic E-state index is 14.2. The Morgan fingerprint density at radius 2 is 0.639 bits per heavy atom. The highest BCUT2D eigenvalue weighted by molar-refractivity contribution is 5.82. The second-order valence-electron chi connectivity index (χ2n) is 6.89. The highest BCUT2D eigenvalue weighted by Crippen LogP contribution is 2.47. The molecule has 0 unspecified atom stereocenters. The summed E-state index contributed by atoms with van der Waals surface area (Å²) in [5, 5.41) is 19.9. The van der Waals surface area contributed by atoms with Gasteiger partial charge >= 0.3 is 12.4 Å². The Hall–Kier alpha value is -3.72. The lowest BCUT2D eigenvalue weighted by molar-refractivity contribution is -0.144. The van der Waals surface area contributed by atoms with Crippen molar-refractivity contribution >= 4 is 0 Å². The van der Waals surface area contributed by atoms with Gasteiger partial charge in [0.05, 0.1) is 11.1 Å². The molecule has 0 saturated carbocycles. The van der Waals surface area contributed by atoms with E-state index >= 15 is 0 Å². The van der Waals surface area contributed by atoms with Crippen LogP contribution >= 0.6 is 0 Å². The minimum Gasteiger partial charge on any atom is -0.507 e. The van der Waals surface area contributed by atoms with E-state index in [2.05, 4.69) is 0 Å². The van der Waals surface area contributed by atoms with E-state index < -0.39 is 104 Å². The second-order valence-corrected chi connectivity index (χ2v) is 6.89. The molecule has 0 radical (unpaired) electrons. The topological polar surface area (TPSA) is 40.5 Å². The molecular formula is C20H4F14O2. The maximum absolute atomic E-state index is 14.2. The van der Waals surface area contributed by atoms with Crippen LogP contribution in [0.25, 0.3) is 22.3 Å². The van der Waals surface area contributed by atoms with Gasteiger partial charge in [-0.05, 0) is 12.1 Å². The van der Waals surface area contributed by atoms with Gasteiger partial charge in [0.15, 0.2) is 46.5 Å². The maximum Gasteiger partial charge on any atom is 0.422 e. The zero-order valence-electron chi connectivity index (χ0n) is 16.3. The highest BCUT2D eigenvalue weighted by Gasteiger charge is 2.44. The van der Waals surface area contributed by atoms with Crippen molar-refractivity contribution in [2.24, 2.45) is 0 Å². The lowest BCUT2D eigenvalue weighted by atomic mass is 9.94. The summed E-state index contributed by atoms with van der Waals surface area (Å²) in [6.07, 6.45) is -11.9. The summed E-state index contributed by atoms with van der Waals surface area (Å²) in [6, 6.07) is -0.269. The van der Waals surface area contributed by atoms with Crippen molar-refractivity contribution in [2.75, 3.05) is 0 Å². The van der Waals surface area contributed by atoms with Crippen molar-refractivity contribution in [1.82, 2.24) is 0 Å². The summed E-state index contributed by atoms with van der Waals surface area (Å²) in [5.41, 5.74) is -13.1. The smallest absolute Gasteiger partial charge is 0.422 e. The third kappa shape index (κ3) is 4.03. The average Bonchev–Trinajstić information content (AvgIpc) is 2.72. The molecule has 2 N–H and O–H groups in total. The van der Waals surface area contributed by atoms with Crippen LogP contribution in [0.5, 0.6) is 11.5 Å². The summed E-state index contributed by atoms with van der Waals surface area (Å²) in [5.74, 6) is -26.3. The van der Waals surface area contributed by atoms with E-state index in [-0.39, 0.29) is 12.1 Å². The highest BCUT2D eigenvalue weighted by atomic mass is 19.4. The molecule has 0 saturated heterocycles. The fourth-order valence-corrected chi connectivity index (χ4v) is 3.21. The number of phenols is 2. The molecule has 3 aromatic rings. The van der Waals surface area contributed by atoms with Gasteiger partial charge in [-0.1, -0.05) is 0 Å². The SMILES string of the molecule is Oc1cc(-c2c(F)c(F)c(C(F)(F)F)c(F)c2F)c(O)cc1-c1c(F)c(F)c(C(F)(F)F)c(F)c1F. The fraction of sp³-hybridized carbons (Fsp3) is 0.100. The molecule has 3 rings (SSSR count). The first-order valence-electron chi connectivity index (χ1n) is 8.75. The van der Waals surface area contributed by atoms with Crippen molar-refractivity contribution in [3.8, 4) is 33.8 Å². The van der Waals surface area contributed by atoms with Gasteiger partial charge in [0.2, 0.25) is 0 Å². The molecule has 0 amide bonds. The number of hydrogen-bond acceptors (Lipinski definition) is 2. The van der Waals surface area contributed by atoms with Crippen molar-refractivity contribution in [2.45, 2.75) is 12.4 Å². The van der Waals surface area contributed by atoms with E-state index in [1.807, 2.05) is 0 Å². The summed E-state index contributed by atoms with van der Waals surface area (Å²) < 4.78 is 189. The molecule has 16 heteroatoms. The number of alkyl halides is 6. The fourth-order valence-electron chi connectivity index (χ4n) is 3.21. The molecule has 36 heavy (non-hydrogen) atoms. The standard InChI is InChI=1S/C20H4F14O2/c21-11-7(12(22)16(26)9(15(11)25)19(29,30)31)3-1-5(35)4(2-6(3)36)8-13(23)17(27)10(20(32,33)34)18(28)14(8)24/h1-2,35-36H. The van der Waals surface area contributed by atoms with Crippen LogP contribution in [0.2, 0.25) is 0 Å². The minimum absolute atomic E-state index is 0.134. The first-order valence-corrected chi connectivity index (χ1v) is 8.75. The van der Waals surface area contributed by atoms with E-state index in [4.69, 9.17) is 0 Å². The third-order valence-electron chi connectivity index (χ3n) is 4.75. The van der Waals surface area contributed by atoms with Crippen LogP contribution in [0, 0.1) is 46.5 Å². The molecule has 3 aromatic carbocycles. The van der Waals surface area contributed by atoms with Gasteiger partial charge in [-0.2, -0.15) is 26.3 Å². The van der Waals surface area contributed by atoms with Crippen molar-refractivity contribution in [1.29, 1.82) is 0 Å². The minimum atomic E-state index is -5.94. The van der Waals surface area contributed by atoms with E-state index in [9.17, 15) is 71.7 Å². The van der Waals surface area contributed by atoms with E-state index in [0.29, 0.717) is 0 Å². The van der Waals surface area contributed by atoms with Crippen LogP contribution in [0.3, 0.4) is 0 Å². The van der Waals surface area contributed by atoms with Gasteiger partial charge in [-0.15, -0.1) is 0 Å². The van der Waals surface area contributed by atoms with Crippen molar-refractivity contribution < 1.29 is 71.7 Å². The van der Waals surface area contributed by atoms with Gasteiger partial charge in [-0.3, -0.25) is 0 Å². The molecule has 0 spiro atoms. The van der Waals surface area contributed by atoms with Gasteiger partial charge in [0.25, 0.3) is 0 Å². The van der Waals surface area contributed by atoms with E-state index in [1.165, 1.54) is 0 Å². The first-order chi connectivity index (χ1) is 16.3. The van der Waals surface area contributed by atoms with Crippen LogP contribution in [0.1, 0.15) is 11.1 Å². The Morgan fingerprint density at radius 1 is 0.417 bits per heavy atom. The number of phenolic OH excluding ortho intramolecular Hbond substituents is 2. The molecule has 0 aromatic heterocycles. The van der Waals surface area contributed by atoms with Crippen LogP contribution in [0.15, 0.2) is 12.1 Å². The van der Waals surface area contributed by atoms with Crippen molar-refractivity contribution in [3.63, 3.8) is 0 Å². The number of halogens is 14. The summed E-state index contributed by atoms with van der Waals surface area (Å²) in [4.78, 5) is 0. The molecule has 0 heterocycles. The summed E-state index contributed by atoms with van der Waals surface area (Å²) >= 11 is 0. The van der Waals surface area contributed by atoms with Crippen LogP contribution < -0.4 is 0 Å². The number of benzene rings is 3. The van der Waals surface area contributed by atoms with Crippen molar-refractivity contribution in [3.05, 3.63) is 69.8 Å². The van der Waals surface area contributed by atoms with Crippen LogP contribution in [0.4, 0.5) is 61.5 Å². The lowest BCUT2D eigenvalue weighted by Gasteiger charge is -2.17. The number of hydrogen-bond donors (Lipinski definition) is 2. The van der Waals surface area contributed by atoms with Gasteiger partial charge in [0, 0.05) is 11.1 Å². The molecule has 0 atom stereocenters. The van der Waals surface area contributed by atoms with Crippen LogP contribution in [-0.4, -0.2) is 10.2 Å². The Kier molecular flexibility index (Phi) is 6.30. The Morgan fingerprint density at radius 3 is 0.833 bits per heavy atom. The molecular weight excluding hydrogens is 538 g/mol. The van der Waals surface area contributed by atoms with E-state index in [1.54, 1.807) is 0 Å². The van der Waals surface area contributed by atoms with Gasteiger partial charge in [0.1, 0.15) is 22.6 Å². The van der Waals surface area contributed by atoms with Crippen LogP contribution in [-0.2, 0) is 12.4 Å². The molecule has 0 bridgehead atoms. The molecule has 0 aliphatic carbocycles. The largest absolute Gasteiger partial charge is 0.507 e. The Balaban J connectivity index is 2.34.